The van der Waals surface area contributed by atoms with Crippen molar-refractivity contribution < 1.29 is 13.8 Å². The van der Waals surface area contributed by atoms with Crippen molar-refractivity contribution in [3.63, 3.8) is 0 Å². The van der Waals surface area contributed by atoms with Gasteiger partial charge < -0.3 is 9.26 Å². The summed E-state index contributed by atoms with van der Waals surface area (Å²) in [6, 6.07) is 11.0. The maximum Gasteiger partial charge on any atom is 0.418 e. The molecule has 0 bridgehead atoms. The zero-order valence-corrected chi connectivity index (χ0v) is 13.6. The van der Waals surface area contributed by atoms with Crippen LogP contribution in [0, 0.1) is 0 Å². The Kier molecular flexibility index (Phi) is 3.97. The third-order valence-electron chi connectivity index (χ3n) is 3.05. The number of thiophene rings is 1. The second-order valence-corrected chi connectivity index (χ2v) is 6.00. The number of hydrogen-bond acceptors (Lipinski definition) is 8. The summed E-state index contributed by atoms with van der Waals surface area (Å²) < 4.78 is 15.6. The van der Waals surface area contributed by atoms with E-state index in [1.807, 2.05) is 29.6 Å². The van der Waals surface area contributed by atoms with Crippen molar-refractivity contribution in [3.05, 3.63) is 52.7 Å². The van der Waals surface area contributed by atoms with Crippen molar-refractivity contribution in [1.29, 1.82) is 0 Å². The Bertz CT molecular complexity index is 951. The highest BCUT2D eigenvalue weighted by molar-refractivity contribution is 7.13. The summed E-state index contributed by atoms with van der Waals surface area (Å²) in [4.78, 5) is 9.30. The summed E-state index contributed by atoms with van der Waals surface area (Å²) >= 11 is 7.62. The van der Waals surface area contributed by atoms with Gasteiger partial charge in [-0.3, -0.25) is 4.52 Å². The Morgan fingerprint density at radius 1 is 1.00 bits per heavy atom. The van der Waals surface area contributed by atoms with E-state index in [1.54, 1.807) is 12.1 Å². The monoisotopic (exact) mass is 360 g/mol. The fourth-order valence-electron chi connectivity index (χ4n) is 1.96. The molecule has 0 aliphatic heterocycles. The predicted octanol–water partition coefficient (Wildman–Crippen LogP) is 4.08. The van der Waals surface area contributed by atoms with E-state index >= 15 is 0 Å². The standard InChI is InChI=1S/C15H9ClN4O3S/c16-10-5-2-1-4-9(10)13-18-15(23-19-13)21-8-12-17-14(20-22-12)11-6-3-7-24-11/h1-7H,8H2. The molecule has 0 fully saturated rings. The fraction of sp³-hybridized carbons (Fsp3) is 0.0667. The van der Waals surface area contributed by atoms with Gasteiger partial charge in [0.2, 0.25) is 11.6 Å². The largest absolute Gasteiger partial charge is 0.439 e. The topological polar surface area (TPSA) is 87.1 Å². The minimum Gasteiger partial charge on any atom is -0.439 e. The maximum absolute atomic E-state index is 6.10. The van der Waals surface area contributed by atoms with E-state index in [4.69, 9.17) is 25.4 Å². The van der Waals surface area contributed by atoms with E-state index in [-0.39, 0.29) is 12.7 Å². The molecule has 0 radical (unpaired) electrons. The SMILES string of the molecule is Clc1ccccc1-c1noc(OCc2nc(-c3cccs3)no2)n1. The Balaban J connectivity index is 1.45. The van der Waals surface area contributed by atoms with Crippen LogP contribution >= 0.6 is 22.9 Å². The van der Waals surface area contributed by atoms with Crippen LogP contribution in [0.1, 0.15) is 5.89 Å². The van der Waals surface area contributed by atoms with Crippen molar-refractivity contribution in [3.8, 4) is 28.2 Å². The molecule has 0 spiro atoms. The summed E-state index contributed by atoms with van der Waals surface area (Å²) in [5, 5.41) is 10.2. The lowest BCUT2D eigenvalue weighted by Crippen LogP contribution is -1.95. The van der Waals surface area contributed by atoms with Gasteiger partial charge in [0, 0.05) is 5.56 Å². The maximum atomic E-state index is 6.10. The molecule has 3 aromatic heterocycles. The number of rotatable bonds is 5. The third kappa shape index (κ3) is 3.01. The zero-order valence-electron chi connectivity index (χ0n) is 12.0. The molecule has 3 heterocycles. The van der Waals surface area contributed by atoms with Crippen molar-refractivity contribution >= 4 is 22.9 Å². The average molecular weight is 361 g/mol. The number of nitrogens with zero attached hydrogens (tertiary/aromatic N) is 4. The van der Waals surface area contributed by atoms with E-state index in [2.05, 4.69) is 20.3 Å². The molecule has 0 aliphatic carbocycles. The lowest BCUT2D eigenvalue weighted by atomic mass is 10.2. The molecule has 9 heteroatoms. The molecule has 4 rings (SSSR count). The van der Waals surface area contributed by atoms with Gasteiger partial charge in [-0.2, -0.15) is 9.97 Å². The molecular formula is C15H9ClN4O3S. The van der Waals surface area contributed by atoms with Crippen LogP contribution in [0.5, 0.6) is 6.08 Å². The van der Waals surface area contributed by atoms with Crippen molar-refractivity contribution in [2.45, 2.75) is 6.61 Å². The normalized spacial score (nSPS) is 10.9. The molecule has 0 atom stereocenters. The number of aromatic nitrogens is 4. The second-order valence-electron chi connectivity index (χ2n) is 4.64. The summed E-state index contributed by atoms with van der Waals surface area (Å²) in [6.07, 6.45) is 0.000735. The Labute approximate surface area is 144 Å². The number of halogens is 1. The molecular weight excluding hydrogens is 352 g/mol. The van der Waals surface area contributed by atoms with Gasteiger partial charge in [0.25, 0.3) is 5.89 Å². The number of hydrogen-bond donors (Lipinski definition) is 0. The summed E-state index contributed by atoms with van der Waals surface area (Å²) in [7, 11) is 0. The van der Waals surface area contributed by atoms with Gasteiger partial charge in [0.15, 0.2) is 6.61 Å². The van der Waals surface area contributed by atoms with E-state index in [0.29, 0.717) is 28.1 Å². The minimum atomic E-state index is 0.000735. The number of ether oxygens (including phenoxy) is 1. The smallest absolute Gasteiger partial charge is 0.418 e. The van der Waals surface area contributed by atoms with Crippen LogP contribution in [0.15, 0.2) is 50.8 Å². The molecule has 0 saturated heterocycles. The molecule has 4 aromatic rings. The first-order valence-electron chi connectivity index (χ1n) is 6.87. The average Bonchev–Trinajstić information content (AvgIpc) is 3.34. The van der Waals surface area contributed by atoms with Crippen LogP contribution in [-0.4, -0.2) is 20.3 Å². The summed E-state index contributed by atoms with van der Waals surface area (Å²) in [6.45, 7) is 0.0303. The quantitative estimate of drug-likeness (QED) is 0.529. The molecule has 120 valence electrons. The third-order valence-corrected chi connectivity index (χ3v) is 4.25. The van der Waals surface area contributed by atoms with Crippen LogP contribution in [0.25, 0.3) is 22.1 Å². The highest BCUT2D eigenvalue weighted by Crippen LogP contribution is 2.26. The lowest BCUT2D eigenvalue weighted by molar-refractivity contribution is 0.169. The molecule has 24 heavy (non-hydrogen) atoms. The molecule has 0 aliphatic rings. The van der Waals surface area contributed by atoms with E-state index in [9.17, 15) is 0 Å². The van der Waals surface area contributed by atoms with E-state index in [0.717, 1.165) is 4.88 Å². The Morgan fingerprint density at radius 3 is 2.71 bits per heavy atom. The molecule has 0 amide bonds. The minimum absolute atomic E-state index is 0.000735. The van der Waals surface area contributed by atoms with Gasteiger partial charge in [-0.15, -0.1) is 11.3 Å². The summed E-state index contributed by atoms with van der Waals surface area (Å²) in [5.41, 5.74) is 0.663. The molecule has 0 unspecified atom stereocenters. The van der Waals surface area contributed by atoms with Gasteiger partial charge in [0.05, 0.1) is 9.90 Å². The molecule has 7 nitrogen and oxygen atoms in total. The summed E-state index contributed by atoms with van der Waals surface area (Å²) in [5.74, 6) is 1.18. The second kappa shape index (κ2) is 6.42. The van der Waals surface area contributed by atoms with Crippen LogP contribution in [0.3, 0.4) is 0 Å². The van der Waals surface area contributed by atoms with E-state index < -0.39 is 0 Å². The number of benzene rings is 1. The first-order valence-corrected chi connectivity index (χ1v) is 8.13. The first kappa shape index (κ1) is 14.9. The van der Waals surface area contributed by atoms with Gasteiger partial charge in [0.1, 0.15) is 0 Å². The predicted molar refractivity (Wildman–Crippen MR) is 86.7 cm³/mol. The Hall–Kier alpha value is -2.71. The van der Waals surface area contributed by atoms with Crippen molar-refractivity contribution in [1.82, 2.24) is 20.3 Å². The van der Waals surface area contributed by atoms with Crippen LogP contribution in [0.2, 0.25) is 5.02 Å². The van der Waals surface area contributed by atoms with Crippen molar-refractivity contribution in [2.75, 3.05) is 0 Å². The van der Waals surface area contributed by atoms with Gasteiger partial charge in [-0.05, 0) is 23.6 Å². The van der Waals surface area contributed by atoms with Gasteiger partial charge >= 0.3 is 6.08 Å². The molecule has 0 saturated carbocycles. The highest BCUT2D eigenvalue weighted by Gasteiger charge is 2.14. The van der Waals surface area contributed by atoms with Crippen LogP contribution < -0.4 is 4.74 Å². The van der Waals surface area contributed by atoms with Gasteiger partial charge in [-0.1, -0.05) is 40.1 Å². The van der Waals surface area contributed by atoms with Crippen LogP contribution in [0.4, 0.5) is 0 Å². The Morgan fingerprint density at radius 2 is 1.88 bits per heavy atom. The lowest BCUT2D eigenvalue weighted by Gasteiger charge is -1.96. The fourth-order valence-corrected chi connectivity index (χ4v) is 2.83. The zero-order chi connectivity index (χ0) is 16.4. The first-order chi connectivity index (χ1) is 11.8. The van der Waals surface area contributed by atoms with Gasteiger partial charge in [-0.25, -0.2) is 0 Å². The van der Waals surface area contributed by atoms with Crippen molar-refractivity contribution in [2.24, 2.45) is 0 Å². The van der Waals surface area contributed by atoms with Crippen LogP contribution in [-0.2, 0) is 6.61 Å². The molecule has 0 N–H and O–H groups in total. The van der Waals surface area contributed by atoms with E-state index in [1.165, 1.54) is 11.3 Å². The highest BCUT2D eigenvalue weighted by atomic mass is 35.5. The molecule has 1 aromatic carbocycles.